The standard InChI is InChI=1S/C24H26N2O5/c1-2-30-24(29)17-7-6-14-25(16-17)21-15-22(27)26(23(21)28)18-10-12-20(13-11-18)31-19-8-4-3-5-9-19/h3-5,8-13,17,21H,2,6-7,14-16H2,1H3/p+1/t17-,21-/m1/s1. The summed E-state index contributed by atoms with van der Waals surface area (Å²) in [5.74, 6) is 0.508. The van der Waals surface area contributed by atoms with Crippen LogP contribution in [0.25, 0.3) is 0 Å². The fourth-order valence-electron chi connectivity index (χ4n) is 4.38. The van der Waals surface area contributed by atoms with Gasteiger partial charge in [-0.05, 0) is 56.2 Å². The molecule has 0 spiro atoms. The van der Waals surface area contributed by atoms with Crippen LogP contribution in [0.3, 0.4) is 0 Å². The van der Waals surface area contributed by atoms with Crippen molar-refractivity contribution in [3.63, 3.8) is 0 Å². The zero-order valence-electron chi connectivity index (χ0n) is 17.6. The zero-order valence-corrected chi connectivity index (χ0v) is 17.6. The summed E-state index contributed by atoms with van der Waals surface area (Å²) in [5, 5.41) is 0. The van der Waals surface area contributed by atoms with E-state index >= 15 is 0 Å². The molecule has 162 valence electrons. The van der Waals surface area contributed by atoms with Crippen LogP contribution in [0.15, 0.2) is 54.6 Å². The van der Waals surface area contributed by atoms with Crippen molar-refractivity contribution in [3.8, 4) is 11.5 Å². The lowest BCUT2D eigenvalue weighted by Crippen LogP contribution is -3.18. The van der Waals surface area contributed by atoms with Crippen molar-refractivity contribution in [3.05, 3.63) is 54.6 Å². The third-order valence-electron chi connectivity index (χ3n) is 5.89. The van der Waals surface area contributed by atoms with Gasteiger partial charge < -0.3 is 14.4 Å². The van der Waals surface area contributed by atoms with Crippen LogP contribution in [0.2, 0.25) is 0 Å². The second-order valence-corrected chi connectivity index (χ2v) is 7.94. The predicted molar refractivity (Wildman–Crippen MR) is 114 cm³/mol. The maximum atomic E-state index is 13.1. The van der Waals surface area contributed by atoms with Gasteiger partial charge in [-0.2, -0.15) is 0 Å². The van der Waals surface area contributed by atoms with Gasteiger partial charge in [0.15, 0.2) is 6.04 Å². The minimum Gasteiger partial charge on any atom is -0.466 e. The number of ether oxygens (including phenoxy) is 2. The van der Waals surface area contributed by atoms with Crippen molar-refractivity contribution in [2.24, 2.45) is 5.92 Å². The molecule has 0 aliphatic carbocycles. The quantitative estimate of drug-likeness (QED) is 0.568. The number of para-hydroxylation sites is 1. The van der Waals surface area contributed by atoms with Gasteiger partial charge in [0.05, 0.1) is 31.8 Å². The van der Waals surface area contributed by atoms with Gasteiger partial charge in [0.2, 0.25) is 5.91 Å². The smallest absolute Gasteiger partial charge is 0.314 e. The number of carbonyl (C=O) groups is 3. The fraction of sp³-hybridized carbons (Fsp3) is 0.375. The van der Waals surface area contributed by atoms with Crippen LogP contribution < -0.4 is 14.5 Å². The summed E-state index contributed by atoms with van der Waals surface area (Å²) in [6, 6.07) is 15.9. The molecule has 2 heterocycles. The van der Waals surface area contributed by atoms with Gasteiger partial charge in [-0.1, -0.05) is 18.2 Å². The van der Waals surface area contributed by atoms with Crippen LogP contribution in [-0.2, 0) is 19.1 Å². The highest BCUT2D eigenvalue weighted by Gasteiger charge is 2.47. The Morgan fingerprint density at radius 3 is 2.48 bits per heavy atom. The summed E-state index contributed by atoms with van der Waals surface area (Å²) in [7, 11) is 0. The Hall–Kier alpha value is -3.19. The molecule has 7 nitrogen and oxygen atoms in total. The summed E-state index contributed by atoms with van der Waals surface area (Å²) in [6.07, 6.45) is 1.76. The lowest BCUT2D eigenvalue weighted by molar-refractivity contribution is -0.922. The van der Waals surface area contributed by atoms with Crippen LogP contribution >= 0.6 is 0 Å². The number of imide groups is 1. The molecule has 2 aliphatic heterocycles. The van der Waals surface area contributed by atoms with E-state index in [0.717, 1.165) is 24.3 Å². The number of benzene rings is 2. The molecule has 2 amide bonds. The number of nitrogens with one attached hydrogen (secondary N) is 1. The van der Waals surface area contributed by atoms with E-state index < -0.39 is 6.04 Å². The first-order valence-electron chi connectivity index (χ1n) is 10.8. The van der Waals surface area contributed by atoms with E-state index in [1.54, 1.807) is 31.2 Å². The van der Waals surface area contributed by atoms with Gasteiger partial charge >= 0.3 is 5.97 Å². The maximum absolute atomic E-state index is 13.1. The van der Waals surface area contributed by atoms with Crippen LogP contribution in [0.4, 0.5) is 5.69 Å². The third kappa shape index (κ3) is 4.61. The zero-order chi connectivity index (χ0) is 21.8. The maximum Gasteiger partial charge on any atom is 0.314 e. The highest BCUT2D eigenvalue weighted by atomic mass is 16.5. The number of piperidine rings is 1. The highest BCUT2D eigenvalue weighted by Crippen LogP contribution is 2.27. The number of likely N-dealkylation sites (tertiary alicyclic amines) is 1. The topological polar surface area (TPSA) is 77.3 Å². The second kappa shape index (κ2) is 9.31. The van der Waals surface area contributed by atoms with Gasteiger partial charge in [-0.3, -0.25) is 14.4 Å². The number of quaternary nitrogens is 1. The van der Waals surface area contributed by atoms with Crippen LogP contribution in [0.5, 0.6) is 11.5 Å². The molecule has 2 aromatic carbocycles. The first-order valence-corrected chi connectivity index (χ1v) is 10.8. The van der Waals surface area contributed by atoms with Crippen LogP contribution in [0, 0.1) is 5.92 Å². The van der Waals surface area contributed by atoms with Crippen molar-refractivity contribution in [1.82, 2.24) is 0 Å². The molecular formula is C24H27N2O5+. The number of anilines is 1. The summed E-state index contributed by atoms with van der Waals surface area (Å²) >= 11 is 0. The molecular weight excluding hydrogens is 396 g/mol. The Morgan fingerprint density at radius 1 is 1.06 bits per heavy atom. The Bertz CT molecular complexity index is 944. The second-order valence-electron chi connectivity index (χ2n) is 7.94. The van der Waals surface area contributed by atoms with E-state index in [0.29, 0.717) is 30.3 Å². The first-order chi connectivity index (χ1) is 15.1. The molecule has 1 N–H and O–H groups in total. The van der Waals surface area contributed by atoms with Gasteiger partial charge in [0.1, 0.15) is 17.4 Å². The summed E-state index contributed by atoms with van der Waals surface area (Å²) < 4.78 is 10.9. The molecule has 3 atom stereocenters. The Morgan fingerprint density at radius 2 is 1.77 bits per heavy atom. The van der Waals surface area contributed by atoms with Crippen molar-refractivity contribution >= 4 is 23.5 Å². The molecule has 0 aromatic heterocycles. The van der Waals surface area contributed by atoms with Crippen molar-refractivity contribution in [1.29, 1.82) is 0 Å². The molecule has 31 heavy (non-hydrogen) atoms. The van der Waals surface area contributed by atoms with E-state index in [2.05, 4.69) is 0 Å². The molecule has 0 bridgehead atoms. The molecule has 1 unspecified atom stereocenters. The van der Waals surface area contributed by atoms with Crippen LogP contribution in [-0.4, -0.2) is 43.5 Å². The van der Waals surface area contributed by atoms with Gasteiger partial charge in [-0.25, -0.2) is 4.90 Å². The molecule has 2 aromatic rings. The number of hydrogen-bond donors (Lipinski definition) is 1. The van der Waals surface area contributed by atoms with E-state index in [1.165, 1.54) is 4.90 Å². The van der Waals surface area contributed by atoms with Gasteiger partial charge in [-0.15, -0.1) is 0 Å². The molecule has 2 aliphatic rings. The highest BCUT2D eigenvalue weighted by molar-refractivity contribution is 6.21. The van der Waals surface area contributed by atoms with Crippen molar-refractivity contribution < 1.29 is 28.8 Å². The number of hydrogen-bond acceptors (Lipinski definition) is 5. The minimum atomic E-state index is -0.454. The SMILES string of the molecule is CCOC(=O)[C@@H]1CCC[NH+]([C@@H]2CC(=O)N(c3ccc(Oc4ccccc4)cc3)C2=O)C1. The number of carbonyl (C=O) groups excluding carboxylic acids is 3. The number of nitrogens with zero attached hydrogens (tertiary/aromatic N) is 1. The molecule has 0 radical (unpaired) electrons. The average Bonchev–Trinajstić information content (AvgIpc) is 3.09. The van der Waals surface area contributed by atoms with Crippen molar-refractivity contribution in [2.45, 2.75) is 32.2 Å². The van der Waals surface area contributed by atoms with Crippen LogP contribution in [0.1, 0.15) is 26.2 Å². The van der Waals surface area contributed by atoms with Crippen molar-refractivity contribution in [2.75, 3.05) is 24.6 Å². The van der Waals surface area contributed by atoms with Gasteiger partial charge in [0, 0.05) is 0 Å². The Kier molecular flexibility index (Phi) is 6.32. The van der Waals surface area contributed by atoms with E-state index in [4.69, 9.17) is 9.47 Å². The summed E-state index contributed by atoms with van der Waals surface area (Å²) in [5.41, 5.74) is 0.538. The van der Waals surface area contributed by atoms with E-state index in [1.807, 2.05) is 30.3 Å². The molecule has 4 rings (SSSR count). The monoisotopic (exact) mass is 423 g/mol. The minimum absolute atomic E-state index is 0.159. The summed E-state index contributed by atoms with van der Waals surface area (Å²) in [4.78, 5) is 40.2. The fourth-order valence-corrected chi connectivity index (χ4v) is 4.38. The Labute approximate surface area is 181 Å². The van der Waals surface area contributed by atoms with E-state index in [9.17, 15) is 14.4 Å². The lowest BCUT2D eigenvalue weighted by Gasteiger charge is -2.31. The number of esters is 1. The normalized spacial score (nSPS) is 23.6. The molecule has 2 saturated heterocycles. The number of rotatable bonds is 6. The van der Waals surface area contributed by atoms with Gasteiger partial charge in [0.25, 0.3) is 5.91 Å². The average molecular weight is 423 g/mol. The third-order valence-corrected chi connectivity index (χ3v) is 5.89. The van der Waals surface area contributed by atoms with E-state index in [-0.39, 0.29) is 30.1 Å². The lowest BCUT2D eigenvalue weighted by atomic mass is 9.96. The first kappa shape index (κ1) is 21.1. The molecule has 2 fully saturated rings. The molecule has 0 saturated carbocycles. The predicted octanol–water partition coefficient (Wildman–Crippen LogP) is 1.97. The number of amides is 2. The largest absolute Gasteiger partial charge is 0.466 e. The molecule has 7 heteroatoms. The summed E-state index contributed by atoms with van der Waals surface area (Å²) in [6.45, 7) is 3.44. The Balaban J connectivity index is 1.44.